The van der Waals surface area contributed by atoms with Crippen molar-refractivity contribution >= 4 is 19.4 Å². The van der Waals surface area contributed by atoms with E-state index >= 15 is 0 Å². The zero-order valence-electron chi connectivity index (χ0n) is 17.7. The van der Waals surface area contributed by atoms with Crippen molar-refractivity contribution in [3.8, 4) is 0 Å². The van der Waals surface area contributed by atoms with Crippen LogP contribution < -0.4 is 10.4 Å². The molecule has 0 heterocycles. The van der Waals surface area contributed by atoms with Gasteiger partial charge in [0.2, 0.25) is 0 Å². The van der Waals surface area contributed by atoms with Gasteiger partial charge in [0, 0.05) is 24.5 Å². The smallest absolute Gasteiger partial charge is 0.229 e. The quantitative estimate of drug-likeness (QED) is 0.357. The monoisotopic (exact) mass is 422 g/mol. The molecule has 0 bridgehead atoms. The number of rotatable bonds is 7. The summed E-state index contributed by atoms with van der Waals surface area (Å²) in [5, 5.41) is 1.81. The first kappa shape index (κ1) is 22.5. The average Bonchev–Trinajstić information content (AvgIpc) is 2.75. The molecule has 0 saturated heterocycles. The number of halogens is 3. The minimum atomic E-state index is -4.32. The van der Waals surface area contributed by atoms with Gasteiger partial charge >= 0.3 is 6.18 Å². The van der Waals surface area contributed by atoms with Crippen molar-refractivity contribution in [2.75, 3.05) is 6.54 Å². The van der Waals surface area contributed by atoms with Crippen LogP contribution in [0.4, 0.5) is 13.2 Å². The van der Waals surface area contributed by atoms with Gasteiger partial charge in [-0.25, -0.2) is 4.58 Å². The second-order valence-electron chi connectivity index (χ2n) is 7.74. The molecule has 3 aromatic carbocycles. The van der Waals surface area contributed by atoms with Crippen LogP contribution in [0.5, 0.6) is 0 Å². The number of alkyl halides is 3. The highest BCUT2D eigenvalue weighted by Crippen LogP contribution is 2.29. The van der Waals surface area contributed by atoms with Gasteiger partial charge in [0.15, 0.2) is 12.3 Å². The lowest BCUT2D eigenvalue weighted by Gasteiger charge is -2.14. The van der Waals surface area contributed by atoms with Crippen LogP contribution in [-0.2, 0) is 12.6 Å². The van der Waals surface area contributed by atoms with Gasteiger partial charge in [-0.2, -0.15) is 13.2 Å². The maximum atomic E-state index is 13.0. The van der Waals surface area contributed by atoms with Crippen molar-refractivity contribution in [2.24, 2.45) is 0 Å². The summed E-state index contributed by atoms with van der Waals surface area (Å²) in [4.78, 5) is 0. The van der Waals surface area contributed by atoms with E-state index in [1.807, 2.05) is 42.5 Å². The molecule has 1 nitrogen and oxygen atoms in total. The molecule has 4 heteroatoms. The Kier molecular flexibility index (Phi) is 7.11. The van der Waals surface area contributed by atoms with E-state index in [1.54, 1.807) is 6.07 Å². The normalized spacial score (nSPS) is 13.2. The van der Waals surface area contributed by atoms with Crippen molar-refractivity contribution in [1.82, 2.24) is 0 Å². The van der Waals surface area contributed by atoms with Crippen molar-refractivity contribution < 1.29 is 17.7 Å². The summed E-state index contributed by atoms with van der Waals surface area (Å²) < 4.78 is 41.2. The first-order valence-electron chi connectivity index (χ1n) is 10.3. The molecule has 0 aliphatic carbocycles. The number of hydrogen-bond acceptors (Lipinski definition) is 0. The predicted molar refractivity (Wildman–Crippen MR) is 122 cm³/mol. The summed E-state index contributed by atoms with van der Waals surface area (Å²) in [6, 6.07) is 21.6. The number of hydrogen-bond donors (Lipinski definition) is 0. The largest absolute Gasteiger partial charge is 0.416 e. The lowest BCUT2D eigenvalue weighted by atomic mass is 10.0. The van der Waals surface area contributed by atoms with E-state index in [2.05, 4.69) is 36.9 Å². The first-order valence-corrected chi connectivity index (χ1v) is 10.3. The molecule has 1 atom stereocenters. The van der Waals surface area contributed by atoms with E-state index in [1.165, 1.54) is 12.1 Å². The molecule has 0 spiro atoms. The number of nitrogens with zero attached hydrogens (tertiary/aromatic N) is 1. The number of benzene rings is 3. The molecular formula is C27H27F3N+. The molecule has 0 aromatic heterocycles. The fourth-order valence-corrected chi connectivity index (χ4v) is 3.69. The molecule has 160 valence electrons. The van der Waals surface area contributed by atoms with E-state index in [-0.39, 0.29) is 6.04 Å². The van der Waals surface area contributed by atoms with Crippen molar-refractivity contribution in [2.45, 2.75) is 32.0 Å². The van der Waals surface area contributed by atoms with Crippen LogP contribution in [0.2, 0.25) is 0 Å². The van der Waals surface area contributed by atoms with E-state index in [4.69, 9.17) is 0 Å². The Bertz CT molecular complexity index is 1150. The standard InChI is InChI=1S/C27H27F3N/c1-20-10-7-16-26(21(20)2)22(3)31(19-24-11-5-4-6-12-24)17-9-14-23-13-8-15-25(18-23)27(28,29)30/h4-8,10-13,15-16,18-19,22H,1-2,9,14,17H2,3H3/q+1. The molecule has 0 radical (unpaired) electrons. The first-order chi connectivity index (χ1) is 14.8. The van der Waals surface area contributed by atoms with Crippen LogP contribution >= 0.6 is 0 Å². The molecule has 3 aromatic rings. The lowest BCUT2D eigenvalue weighted by Crippen LogP contribution is -2.31. The highest BCUT2D eigenvalue weighted by molar-refractivity contribution is 5.75. The summed E-state index contributed by atoms with van der Waals surface area (Å²) in [6.45, 7) is 11.1. The lowest BCUT2D eigenvalue weighted by molar-refractivity contribution is -0.564. The van der Waals surface area contributed by atoms with Crippen LogP contribution in [0.1, 0.15) is 41.6 Å². The Balaban J connectivity index is 1.83. The zero-order valence-corrected chi connectivity index (χ0v) is 17.7. The maximum absolute atomic E-state index is 13.0. The summed E-state index contributed by atoms with van der Waals surface area (Å²) in [6.07, 6.45) is -0.915. The van der Waals surface area contributed by atoms with Gasteiger partial charge in [0.25, 0.3) is 0 Å². The molecule has 1 unspecified atom stereocenters. The summed E-state index contributed by atoms with van der Waals surface area (Å²) in [7, 11) is 0. The molecule has 0 saturated carbocycles. The molecule has 0 N–H and O–H groups in total. The molecule has 3 rings (SSSR count). The van der Waals surface area contributed by atoms with E-state index in [0.29, 0.717) is 18.5 Å². The summed E-state index contributed by atoms with van der Waals surface area (Å²) in [5.41, 5.74) is 2.27. The maximum Gasteiger partial charge on any atom is 0.416 e. The second kappa shape index (κ2) is 9.78. The van der Waals surface area contributed by atoms with Gasteiger partial charge in [0.05, 0.1) is 5.56 Å². The van der Waals surface area contributed by atoms with Crippen molar-refractivity contribution in [3.05, 3.63) is 105 Å². The highest BCUT2D eigenvalue weighted by Gasteiger charge is 2.30. The van der Waals surface area contributed by atoms with E-state index in [9.17, 15) is 13.2 Å². The van der Waals surface area contributed by atoms with Crippen LogP contribution in [0.25, 0.3) is 13.2 Å². The fourth-order valence-electron chi connectivity index (χ4n) is 3.69. The Morgan fingerprint density at radius 2 is 1.65 bits per heavy atom. The van der Waals surface area contributed by atoms with Crippen molar-refractivity contribution in [3.63, 3.8) is 0 Å². The third-order valence-electron chi connectivity index (χ3n) is 5.51. The summed E-state index contributed by atoms with van der Waals surface area (Å²) >= 11 is 0. The SMILES string of the molecule is C=c1cccc(C(C)[N+](=Cc2ccccc2)CCCc2cccc(C(F)(F)F)c2)c1=C. The molecule has 0 fully saturated rings. The van der Waals surface area contributed by atoms with Crippen LogP contribution in [0.15, 0.2) is 72.8 Å². The highest BCUT2D eigenvalue weighted by atomic mass is 19.4. The zero-order chi connectivity index (χ0) is 22.4. The van der Waals surface area contributed by atoms with Gasteiger partial charge in [-0.3, -0.25) is 0 Å². The summed E-state index contributed by atoms with van der Waals surface area (Å²) in [5.74, 6) is 0. The molecular weight excluding hydrogens is 395 g/mol. The van der Waals surface area contributed by atoms with Gasteiger partial charge in [-0.1, -0.05) is 67.8 Å². The van der Waals surface area contributed by atoms with Gasteiger partial charge < -0.3 is 0 Å². The van der Waals surface area contributed by atoms with Crippen LogP contribution in [0.3, 0.4) is 0 Å². The third-order valence-corrected chi connectivity index (χ3v) is 5.51. The topological polar surface area (TPSA) is 3.01 Å². The Labute approximate surface area is 181 Å². The van der Waals surface area contributed by atoms with Crippen LogP contribution in [0, 0.1) is 0 Å². The Morgan fingerprint density at radius 3 is 2.35 bits per heavy atom. The Hall–Kier alpha value is -3.14. The fraction of sp³-hybridized carbons (Fsp3) is 0.222. The predicted octanol–water partition coefficient (Wildman–Crippen LogP) is 5.35. The number of aryl methyl sites for hydroxylation is 1. The van der Waals surface area contributed by atoms with Crippen LogP contribution in [-0.4, -0.2) is 17.3 Å². The second-order valence-corrected chi connectivity index (χ2v) is 7.74. The molecule has 0 aliphatic rings. The third kappa shape index (κ3) is 5.94. The van der Waals surface area contributed by atoms with E-state index < -0.39 is 11.7 Å². The van der Waals surface area contributed by atoms with Gasteiger partial charge in [-0.15, -0.1) is 0 Å². The molecule has 0 amide bonds. The van der Waals surface area contributed by atoms with Gasteiger partial charge in [-0.05, 0) is 40.6 Å². The molecule has 0 aliphatic heterocycles. The Morgan fingerprint density at radius 1 is 0.935 bits per heavy atom. The molecule has 31 heavy (non-hydrogen) atoms. The van der Waals surface area contributed by atoms with Crippen molar-refractivity contribution in [1.29, 1.82) is 0 Å². The van der Waals surface area contributed by atoms with Gasteiger partial charge in [0.1, 0.15) is 6.54 Å². The van der Waals surface area contributed by atoms with E-state index in [0.717, 1.165) is 34.1 Å². The average molecular weight is 423 g/mol. The minimum Gasteiger partial charge on any atom is -0.229 e. The minimum absolute atomic E-state index is 0.0518.